The average Bonchev–Trinajstić information content (AvgIpc) is 3.45. The highest BCUT2D eigenvalue weighted by atomic mass is 32.3. The zero-order valence-corrected chi connectivity index (χ0v) is 24.1. The average molecular weight is 637 g/mol. The van der Waals surface area contributed by atoms with Crippen LogP contribution in [0.1, 0.15) is 16.3 Å². The molecule has 2 aromatic rings. The summed E-state index contributed by atoms with van der Waals surface area (Å²) in [6, 6.07) is -0.923. The van der Waals surface area contributed by atoms with E-state index in [1.807, 2.05) is 17.0 Å². The van der Waals surface area contributed by atoms with Crippen LogP contribution in [-0.2, 0) is 42.6 Å². The van der Waals surface area contributed by atoms with Gasteiger partial charge in [-0.2, -0.15) is 4.57 Å². The number of fused-ring (bicyclic) bond motifs is 1. The highest BCUT2D eigenvalue weighted by molar-refractivity contribution is 8.00. The molecule has 1 saturated heterocycles. The van der Waals surface area contributed by atoms with Gasteiger partial charge >= 0.3 is 5.97 Å². The third-order valence-electron chi connectivity index (χ3n) is 5.56. The summed E-state index contributed by atoms with van der Waals surface area (Å²) in [4.78, 5) is 49.0. The number of nitrogens with one attached hydrogen (secondary N) is 1. The van der Waals surface area contributed by atoms with E-state index < -0.39 is 39.6 Å². The number of rotatable bonds is 9. The quantitative estimate of drug-likeness (QED) is 0.0537. The summed E-state index contributed by atoms with van der Waals surface area (Å²) < 4.78 is 34.8. The molecule has 6 N–H and O–H groups in total. The Morgan fingerprint density at radius 2 is 2.08 bits per heavy atom. The summed E-state index contributed by atoms with van der Waals surface area (Å²) in [5, 5.41) is 26.7. The van der Waals surface area contributed by atoms with E-state index in [-0.39, 0.29) is 28.8 Å². The monoisotopic (exact) mass is 636 g/mol. The lowest BCUT2D eigenvalue weighted by Crippen LogP contribution is -2.71. The van der Waals surface area contributed by atoms with Gasteiger partial charge in [-0.05, 0) is 0 Å². The molecule has 0 bridgehead atoms. The van der Waals surface area contributed by atoms with E-state index in [1.165, 1.54) is 35.1 Å². The van der Waals surface area contributed by atoms with Crippen LogP contribution in [-0.4, -0.2) is 92.0 Å². The molecule has 2 aliphatic rings. The molecule has 2 aromatic heterocycles. The number of nitrogens with zero attached hydrogens (tertiary/aromatic N) is 4. The Bertz CT molecular complexity index is 1460. The number of thioether (sulfide) groups is 1. The van der Waals surface area contributed by atoms with Crippen LogP contribution in [0.25, 0.3) is 0 Å². The second kappa shape index (κ2) is 13.0. The second-order valence-corrected chi connectivity index (χ2v) is 11.9. The first-order chi connectivity index (χ1) is 18.8. The van der Waals surface area contributed by atoms with Crippen molar-refractivity contribution in [1.82, 2.24) is 15.2 Å². The lowest BCUT2D eigenvalue weighted by Gasteiger charge is -2.49. The Hall–Kier alpha value is -3.14. The van der Waals surface area contributed by atoms with Crippen LogP contribution >= 0.6 is 34.4 Å². The largest absolute Gasteiger partial charge is 0.726 e. The van der Waals surface area contributed by atoms with Gasteiger partial charge in [0.15, 0.2) is 23.1 Å². The number of nitrogen functional groups attached to an aromatic ring is 1. The molecule has 4 rings (SSSR count). The fourth-order valence-corrected chi connectivity index (χ4v) is 6.73. The normalized spacial score (nSPS) is 18.9. The smallest absolute Gasteiger partial charge is 0.352 e. The molecule has 218 valence electrons. The summed E-state index contributed by atoms with van der Waals surface area (Å²) in [5.41, 5.74) is 9.08. The fourth-order valence-electron chi connectivity index (χ4n) is 3.86. The van der Waals surface area contributed by atoms with Crippen molar-refractivity contribution in [3.8, 4) is 0 Å². The van der Waals surface area contributed by atoms with Gasteiger partial charge in [0.2, 0.25) is 15.9 Å². The molecular weight excluding hydrogens is 613 g/mol. The van der Waals surface area contributed by atoms with Crippen molar-refractivity contribution in [2.24, 2.45) is 5.16 Å². The lowest BCUT2D eigenvalue weighted by atomic mass is 10.0. The molecule has 0 spiro atoms. The maximum atomic E-state index is 13.0. The summed E-state index contributed by atoms with van der Waals surface area (Å²) >= 11 is 4.00. The predicted octanol–water partition coefficient (Wildman–Crippen LogP) is -1.29. The molecule has 0 unspecified atom stereocenters. The topological polar surface area (TPSA) is 249 Å². The number of hydrogen-bond donors (Lipinski definition) is 5. The van der Waals surface area contributed by atoms with Gasteiger partial charge in [0.25, 0.3) is 11.8 Å². The van der Waals surface area contributed by atoms with Crippen molar-refractivity contribution < 1.29 is 51.5 Å². The van der Waals surface area contributed by atoms with Crippen LogP contribution < -0.4 is 15.6 Å². The van der Waals surface area contributed by atoms with Crippen molar-refractivity contribution in [2.75, 3.05) is 25.2 Å². The number of aliphatic hydroxyl groups excluding tert-OH is 1. The van der Waals surface area contributed by atoms with Crippen molar-refractivity contribution in [2.45, 2.75) is 31.3 Å². The van der Waals surface area contributed by atoms with Crippen LogP contribution in [0.3, 0.4) is 0 Å². The van der Waals surface area contributed by atoms with Gasteiger partial charge < -0.3 is 30.7 Å². The van der Waals surface area contributed by atoms with Crippen molar-refractivity contribution in [3.63, 3.8) is 0 Å². The number of aliphatic hydroxyl groups is 1. The SMILES string of the molecule is CO/N=C(\C(=O)N[C@@H]1C(=O)N2C(C(=O)O)=C(C[n+]3csc(CCO)c3C)CS[C@H]12)c1csc(N)n1.O=S(=O)([O-])O. The highest BCUT2D eigenvalue weighted by Gasteiger charge is 2.55. The zero-order valence-electron chi connectivity index (χ0n) is 20.8. The molecule has 0 aromatic carbocycles. The molecule has 20 heteroatoms. The van der Waals surface area contributed by atoms with Gasteiger partial charge in [-0.3, -0.25) is 19.0 Å². The van der Waals surface area contributed by atoms with E-state index >= 15 is 0 Å². The molecule has 4 heterocycles. The van der Waals surface area contributed by atoms with E-state index in [0.29, 0.717) is 24.3 Å². The number of carbonyl (C=O) groups is 3. The van der Waals surface area contributed by atoms with Gasteiger partial charge in [0.1, 0.15) is 29.9 Å². The van der Waals surface area contributed by atoms with Crippen molar-refractivity contribution >= 4 is 73.5 Å². The minimum Gasteiger partial charge on any atom is -0.726 e. The summed E-state index contributed by atoms with van der Waals surface area (Å²) in [5.74, 6) is -2.02. The standard InChI is InChI=1S/C20H22N6O6S3.H2O4S/c1-9-12(3-4-27)35-8-25(9)5-10-6-33-18-14(17(29)26(18)15(10)19(30)31)23-16(28)13(24-32-2)11-7-34-20(21)22-11;1-5(2,3)4/h7-8,14,18,27H,3-6H2,1-2H3,(H3-,21,22,23,28,30,31);(H2,1,2,3,4)/b24-13-;/t14-,18-;/m1./s1. The Labute approximate surface area is 239 Å². The number of aliphatic carboxylic acids is 1. The maximum absolute atomic E-state index is 13.0. The van der Waals surface area contributed by atoms with Gasteiger partial charge in [-0.25, -0.2) is 18.2 Å². The first kappa shape index (κ1) is 31.4. The molecule has 16 nitrogen and oxygen atoms in total. The van der Waals surface area contributed by atoms with Crippen LogP contribution in [0.2, 0.25) is 0 Å². The van der Waals surface area contributed by atoms with Gasteiger partial charge in [-0.15, -0.1) is 23.1 Å². The number of amides is 2. The Balaban J connectivity index is 0.000000810. The molecule has 0 radical (unpaired) electrons. The molecule has 1 fully saturated rings. The lowest BCUT2D eigenvalue weighted by molar-refractivity contribution is -0.690. The van der Waals surface area contributed by atoms with E-state index in [2.05, 4.69) is 15.5 Å². The van der Waals surface area contributed by atoms with Crippen LogP contribution in [0.4, 0.5) is 5.13 Å². The first-order valence-electron chi connectivity index (χ1n) is 11.1. The van der Waals surface area contributed by atoms with E-state index in [9.17, 15) is 24.6 Å². The number of oxime groups is 1. The van der Waals surface area contributed by atoms with E-state index in [1.54, 1.807) is 5.38 Å². The number of anilines is 1. The van der Waals surface area contributed by atoms with Crippen LogP contribution in [0, 0.1) is 6.92 Å². The molecular formula is C20H24N6O10S4. The highest BCUT2D eigenvalue weighted by Crippen LogP contribution is 2.40. The number of thiazole rings is 2. The Kier molecular flexibility index (Phi) is 10.2. The number of hydrogen-bond acceptors (Lipinski definition) is 14. The minimum absolute atomic E-state index is 0.0318. The predicted molar refractivity (Wildman–Crippen MR) is 142 cm³/mol. The molecule has 2 aliphatic heterocycles. The number of β-lactam (4-membered cyclic amide) rings is 1. The maximum Gasteiger partial charge on any atom is 0.352 e. The molecule has 2 atom stereocenters. The number of aromatic nitrogens is 2. The van der Waals surface area contributed by atoms with Crippen molar-refractivity contribution in [3.05, 3.63) is 38.4 Å². The van der Waals surface area contributed by atoms with Crippen LogP contribution in [0.5, 0.6) is 0 Å². The number of carbonyl (C=O) groups excluding carboxylic acids is 2. The number of carboxylic acids is 1. The van der Waals surface area contributed by atoms with Gasteiger partial charge in [0, 0.05) is 36.7 Å². The second-order valence-electron chi connectivity index (χ2n) is 8.07. The third kappa shape index (κ3) is 7.33. The molecule has 2 amide bonds. The van der Waals surface area contributed by atoms with E-state index in [0.717, 1.165) is 21.9 Å². The summed E-state index contributed by atoms with van der Waals surface area (Å²) in [7, 11) is -3.64. The first-order valence-corrected chi connectivity index (χ1v) is 15.2. The molecule has 0 saturated carbocycles. The summed E-state index contributed by atoms with van der Waals surface area (Å²) in [6.45, 7) is 2.26. The van der Waals surface area contributed by atoms with Gasteiger partial charge in [0.05, 0.1) is 4.88 Å². The molecule has 0 aliphatic carbocycles. The Morgan fingerprint density at radius 3 is 2.62 bits per heavy atom. The molecule has 40 heavy (non-hydrogen) atoms. The zero-order chi connectivity index (χ0) is 29.8. The van der Waals surface area contributed by atoms with Gasteiger partial charge in [-0.1, -0.05) is 16.5 Å². The minimum atomic E-state index is -4.92. The third-order valence-corrected chi connectivity index (χ3v) is 8.71. The van der Waals surface area contributed by atoms with E-state index in [4.69, 9.17) is 28.1 Å². The summed E-state index contributed by atoms with van der Waals surface area (Å²) in [6.07, 6.45) is 0.527. The fraction of sp³-hybridized carbons (Fsp3) is 0.400. The number of nitrogens with two attached hydrogens (primary N) is 1. The Morgan fingerprint density at radius 1 is 1.40 bits per heavy atom. The van der Waals surface area contributed by atoms with Crippen molar-refractivity contribution in [1.29, 1.82) is 0 Å². The van der Waals surface area contributed by atoms with Crippen LogP contribution in [0.15, 0.2) is 27.3 Å². The number of carboxylic acid groups (broad SMARTS) is 1.